The zero-order valence-corrected chi connectivity index (χ0v) is 11.0. The van der Waals surface area contributed by atoms with Crippen LogP contribution in [0.2, 0.25) is 0 Å². The Morgan fingerprint density at radius 3 is 2.59 bits per heavy atom. The van der Waals surface area contributed by atoms with Crippen molar-refractivity contribution in [1.29, 1.82) is 0 Å². The van der Waals surface area contributed by atoms with E-state index in [2.05, 4.69) is 12.2 Å². The van der Waals surface area contributed by atoms with Crippen molar-refractivity contribution >= 4 is 0 Å². The Hall–Kier alpha value is -0.120. The first kappa shape index (κ1) is 13.3. The SMILES string of the molecule is CC1CCCC1NCC(O)COC1CCCC1. The molecular weight excluding hydrogens is 214 g/mol. The van der Waals surface area contributed by atoms with E-state index in [1.54, 1.807) is 0 Å². The first-order valence-corrected chi connectivity index (χ1v) is 7.28. The highest BCUT2D eigenvalue weighted by Crippen LogP contribution is 2.24. The average molecular weight is 241 g/mol. The molecule has 2 saturated carbocycles. The second-order valence-corrected chi connectivity index (χ2v) is 5.82. The zero-order valence-electron chi connectivity index (χ0n) is 11.0. The van der Waals surface area contributed by atoms with Gasteiger partial charge < -0.3 is 15.2 Å². The fourth-order valence-corrected chi connectivity index (χ4v) is 3.10. The number of nitrogens with one attached hydrogen (secondary N) is 1. The average Bonchev–Trinajstić information content (AvgIpc) is 2.95. The second-order valence-electron chi connectivity index (χ2n) is 5.82. The molecule has 3 unspecified atom stereocenters. The van der Waals surface area contributed by atoms with Crippen LogP contribution in [-0.4, -0.2) is 36.5 Å². The topological polar surface area (TPSA) is 41.5 Å². The van der Waals surface area contributed by atoms with Crippen molar-refractivity contribution in [2.45, 2.75) is 70.1 Å². The number of ether oxygens (including phenoxy) is 1. The van der Waals surface area contributed by atoms with Crippen molar-refractivity contribution < 1.29 is 9.84 Å². The van der Waals surface area contributed by atoms with Gasteiger partial charge in [-0.15, -0.1) is 0 Å². The van der Waals surface area contributed by atoms with Gasteiger partial charge in [-0.3, -0.25) is 0 Å². The molecule has 2 aliphatic rings. The number of hydrogen-bond acceptors (Lipinski definition) is 3. The highest BCUT2D eigenvalue weighted by atomic mass is 16.5. The first-order chi connectivity index (χ1) is 8.25. The smallest absolute Gasteiger partial charge is 0.0897 e. The summed E-state index contributed by atoms with van der Waals surface area (Å²) in [6.45, 7) is 3.48. The van der Waals surface area contributed by atoms with E-state index in [4.69, 9.17) is 4.74 Å². The van der Waals surface area contributed by atoms with Crippen LogP contribution >= 0.6 is 0 Å². The second kappa shape index (κ2) is 6.72. The summed E-state index contributed by atoms with van der Waals surface area (Å²) in [5.41, 5.74) is 0. The Labute approximate surface area is 105 Å². The summed E-state index contributed by atoms with van der Waals surface area (Å²) in [5.74, 6) is 0.762. The molecule has 2 rings (SSSR count). The van der Waals surface area contributed by atoms with Crippen molar-refractivity contribution in [2.75, 3.05) is 13.2 Å². The number of aliphatic hydroxyl groups excluding tert-OH is 1. The molecule has 17 heavy (non-hydrogen) atoms. The minimum Gasteiger partial charge on any atom is -0.389 e. The molecule has 2 aliphatic carbocycles. The molecule has 0 radical (unpaired) electrons. The molecule has 3 atom stereocenters. The zero-order chi connectivity index (χ0) is 12.1. The largest absolute Gasteiger partial charge is 0.389 e. The maximum Gasteiger partial charge on any atom is 0.0897 e. The molecule has 100 valence electrons. The Morgan fingerprint density at radius 2 is 1.94 bits per heavy atom. The summed E-state index contributed by atoms with van der Waals surface area (Å²) in [6, 6.07) is 0.608. The van der Waals surface area contributed by atoms with Crippen molar-refractivity contribution in [3.05, 3.63) is 0 Å². The van der Waals surface area contributed by atoms with Crippen LogP contribution < -0.4 is 5.32 Å². The molecule has 0 aromatic carbocycles. The molecule has 3 nitrogen and oxygen atoms in total. The molecule has 0 saturated heterocycles. The summed E-state index contributed by atoms with van der Waals surface area (Å²) in [4.78, 5) is 0. The molecule has 2 N–H and O–H groups in total. The minimum absolute atomic E-state index is 0.344. The molecule has 3 heteroatoms. The van der Waals surface area contributed by atoms with E-state index in [-0.39, 0.29) is 6.10 Å². The van der Waals surface area contributed by atoms with E-state index in [9.17, 15) is 5.11 Å². The van der Waals surface area contributed by atoms with Crippen molar-refractivity contribution in [3.8, 4) is 0 Å². The predicted octanol–water partition coefficient (Wildman–Crippen LogP) is 2.08. The van der Waals surface area contributed by atoms with Gasteiger partial charge in [-0.2, -0.15) is 0 Å². The number of rotatable bonds is 6. The van der Waals surface area contributed by atoms with Gasteiger partial charge in [-0.25, -0.2) is 0 Å². The molecule has 0 aromatic heterocycles. The van der Waals surface area contributed by atoms with Crippen LogP contribution in [0.3, 0.4) is 0 Å². The lowest BCUT2D eigenvalue weighted by molar-refractivity contribution is -0.00651. The lowest BCUT2D eigenvalue weighted by Gasteiger charge is -2.21. The molecular formula is C14H27NO2. The fourth-order valence-electron chi connectivity index (χ4n) is 3.10. The maximum atomic E-state index is 9.87. The van der Waals surface area contributed by atoms with Crippen LogP contribution in [0.5, 0.6) is 0 Å². The van der Waals surface area contributed by atoms with Crippen LogP contribution in [0.4, 0.5) is 0 Å². The van der Waals surface area contributed by atoms with Gasteiger partial charge >= 0.3 is 0 Å². The quantitative estimate of drug-likeness (QED) is 0.748. The standard InChI is InChI=1S/C14H27NO2/c1-11-5-4-8-14(11)15-9-12(16)10-17-13-6-2-3-7-13/h11-16H,2-10H2,1H3. The highest BCUT2D eigenvalue weighted by Gasteiger charge is 2.23. The van der Waals surface area contributed by atoms with Gasteiger partial charge in [0.25, 0.3) is 0 Å². The maximum absolute atomic E-state index is 9.87. The monoisotopic (exact) mass is 241 g/mol. The van der Waals surface area contributed by atoms with Crippen molar-refractivity contribution in [1.82, 2.24) is 5.32 Å². The summed E-state index contributed by atoms with van der Waals surface area (Å²) >= 11 is 0. The Bertz CT molecular complexity index is 216. The molecule has 0 bridgehead atoms. The Balaban J connectivity index is 1.55. The summed E-state index contributed by atoms with van der Waals surface area (Å²) < 4.78 is 5.72. The number of aliphatic hydroxyl groups is 1. The van der Waals surface area contributed by atoms with Gasteiger partial charge in [0.2, 0.25) is 0 Å². The van der Waals surface area contributed by atoms with Crippen molar-refractivity contribution in [3.63, 3.8) is 0 Å². The third kappa shape index (κ3) is 4.23. The van der Waals surface area contributed by atoms with Crippen LogP contribution in [0, 0.1) is 5.92 Å². The summed E-state index contributed by atoms with van der Waals surface area (Å²) in [5, 5.41) is 13.3. The third-order valence-electron chi connectivity index (χ3n) is 4.30. The van der Waals surface area contributed by atoms with E-state index in [0.29, 0.717) is 25.3 Å². The summed E-state index contributed by atoms with van der Waals surface area (Å²) in [7, 11) is 0. The molecule has 0 aromatic rings. The first-order valence-electron chi connectivity index (χ1n) is 7.28. The van der Waals surface area contributed by atoms with E-state index < -0.39 is 0 Å². The van der Waals surface area contributed by atoms with Gasteiger partial charge in [0.15, 0.2) is 0 Å². The minimum atomic E-state index is -0.344. The fraction of sp³-hybridized carbons (Fsp3) is 1.00. The van der Waals surface area contributed by atoms with Crippen LogP contribution in [0.25, 0.3) is 0 Å². The van der Waals surface area contributed by atoms with Crippen LogP contribution in [0.1, 0.15) is 51.9 Å². The van der Waals surface area contributed by atoms with Crippen LogP contribution in [-0.2, 0) is 4.74 Å². The molecule has 0 amide bonds. The van der Waals surface area contributed by atoms with E-state index in [1.165, 1.54) is 44.9 Å². The van der Waals surface area contributed by atoms with E-state index in [1.807, 2.05) is 0 Å². The lowest BCUT2D eigenvalue weighted by atomic mass is 10.1. The van der Waals surface area contributed by atoms with Gasteiger partial charge in [0.1, 0.15) is 0 Å². The molecule has 0 aliphatic heterocycles. The Kier molecular flexibility index (Phi) is 5.26. The molecule has 2 fully saturated rings. The number of hydrogen-bond donors (Lipinski definition) is 2. The van der Waals surface area contributed by atoms with Crippen LogP contribution in [0.15, 0.2) is 0 Å². The highest BCUT2D eigenvalue weighted by molar-refractivity contribution is 4.81. The van der Waals surface area contributed by atoms with Gasteiger partial charge in [0.05, 0.1) is 18.8 Å². The van der Waals surface area contributed by atoms with Gasteiger partial charge in [0, 0.05) is 12.6 Å². The summed E-state index contributed by atoms with van der Waals surface area (Å²) in [6.07, 6.45) is 8.92. The normalized spacial score (nSPS) is 32.1. The lowest BCUT2D eigenvalue weighted by Crippen LogP contribution is -2.39. The Morgan fingerprint density at radius 1 is 1.18 bits per heavy atom. The van der Waals surface area contributed by atoms with Gasteiger partial charge in [-0.05, 0) is 31.6 Å². The van der Waals surface area contributed by atoms with Crippen molar-refractivity contribution in [2.24, 2.45) is 5.92 Å². The predicted molar refractivity (Wildman–Crippen MR) is 69.0 cm³/mol. The molecule has 0 heterocycles. The van der Waals surface area contributed by atoms with E-state index >= 15 is 0 Å². The van der Waals surface area contributed by atoms with Gasteiger partial charge in [-0.1, -0.05) is 26.2 Å². The third-order valence-corrected chi connectivity index (χ3v) is 4.30. The van der Waals surface area contributed by atoms with E-state index in [0.717, 1.165) is 5.92 Å². The molecule has 0 spiro atoms.